The Kier molecular flexibility index (Phi) is 6.71. The molecule has 0 radical (unpaired) electrons. The van der Waals surface area contributed by atoms with E-state index in [-0.39, 0.29) is 18.6 Å². The number of pyridine rings is 1. The molecule has 0 aliphatic heterocycles. The van der Waals surface area contributed by atoms with E-state index in [0.717, 1.165) is 57.3 Å². The smallest absolute Gasteiger partial charge is 0.225 e. The van der Waals surface area contributed by atoms with E-state index >= 15 is 0 Å². The van der Waals surface area contributed by atoms with Gasteiger partial charge in [0.1, 0.15) is 16.6 Å². The van der Waals surface area contributed by atoms with Crippen LogP contribution in [0.1, 0.15) is 43.6 Å². The van der Waals surface area contributed by atoms with Crippen molar-refractivity contribution in [2.45, 2.75) is 53.1 Å². The first kappa shape index (κ1) is 23.7. The van der Waals surface area contributed by atoms with Crippen LogP contribution in [0.2, 0.25) is 0 Å². The van der Waals surface area contributed by atoms with E-state index in [1.165, 1.54) is 0 Å². The van der Waals surface area contributed by atoms with Gasteiger partial charge in [0.25, 0.3) is 0 Å². The van der Waals surface area contributed by atoms with Crippen molar-refractivity contribution in [1.82, 2.24) is 19.9 Å². The van der Waals surface area contributed by atoms with Crippen LogP contribution in [-0.4, -0.2) is 37.7 Å². The summed E-state index contributed by atoms with van der Waals surface area (Å²) in [6.45, 7) is 9.31. The minimum Gasteiger partial charge on any atom is -0.454 e. The first-order valence-corrected chi connectivity index (χ1v) is 13.1. The molecule has 3 N–H and O–H groups in total. The van der Waals surface area contributed by atoms with Crippen LogP contribution in [0.15, 0.2) is 34.3 Å². The predicted molar refractivity (Wildman–Crippen MR) is 140 cm³/mol. The summed E-state index contributed by atoms with van der Waals surface area (Å²) >= 11 is 1.60. The fraction of sp³-hybridized carbons (Fsp3) is 0.462. The Morgan fingerprint density at radius 3 is 2.74 bits per heavy atom. The van der Waals surface area contributed by atoms with E-state index in [9.17, 15) is 5.11 Å². The van der Waals surface area contributed by atoms with Gasteiger partial charge in [0.05, 0.1) is 24.0 Å². The van der Waals surface area contributed by atoms with Crippen molar-refractivity contribution in [2.75, 3.05) is 17.2 Å². The molecule has 1 fully saturated rings. The van der Waals surface area contributed by atoms with Crippen molar-refractivity contribution in [2.24, 2.45) is 17.8 Å². The standard InChI is InChI=1S/C26H32N6O2S/c1-5-19-8-17-10-21(34-22(17)11-28-19)24-16(4)30-26(29-12-23-27-6-7-35-23)32-25(24)31-20-9-18(13-33)14(2)15(20)3/h6-8,10-11,14-15,18,20,33H,5,9,12-13H2,1-4H3,(H2,29,30,31,32)/t14-,15+,18+,20?/m0/s1. The number of anilines is 2. The van der Waals surface area contributed by atoms with Crippen LogP contribution in [0.3, 0.4) is 0 Å². The quantitative estimate of drug-likeness (QED) is 0.304. The summed E-state index contributed by atoms with van der Waals surface area (Å²) in [5, 5.41) is 20.8. The molecule has 0 amide bonds. The van der Waals surface area contributed by atoms with Crippen LogP contribution < -0.4 is 10.6 Å². The van der Waals surface area contributed by atoms with Crippen molar-refractivity contribution in [1.29, 1.82) is 0 Å². The fourth-order valence-corrected chi connectivity index (χ4v) is 5.57. The number of nitrogens with one attached hydrogen (secondary N) is 2. The second-order valence-corrected chi connectivity index (χ2v) is 10.4. The molecule has 1 aliphatic rings. The maximum absolute atomic E-state index is 9.85. The van der Waals surface area contributed by atoms with Gasteiger partial charge < -0.3 is 20.2 Å². The van der Waals surface area contributed by atoms with Gasteiger partial charge in [0, 0.05) is 35.3 Å². The topological polar surface area (TPSA) is 109 Å². The molecular weight excluding hydrogens is 460 g/mol. The van der Waals surface area contributed by atoms with Gasteiger partial charge in [-0.25, -0.2) is 9.97 Å². The highest BCUT2D eigenvalue weighted by molar-refractivity contribution is 7.09. The molecule has 1 aliphatic carbocycles. The Balaban J connectivity index is 1.53. The summed E-state index contributed by atoms with van der Waals surface area (Å²) in [5.41, 5.74) is 3.45. The molecular formula is C26H32N6O2S. The highest BCUT2D eigenvalue weighted by atomic mass is 32.1. The highest BCUT2D eigenvalue weighted by Gasteiger charge is 2.38. The van der Waals surface area contributed by atoms with Crippen molar-refractivity contribution < 1.29 is 9.52 Å². The van der Waals surface area contributed by atoms with E-state index in [4.69, 9.17) is 14.4 Å². The summed E-state index contributed by atoms with van der Waals surface area (Å²) in [5.74, 6) is 3.11. The van der Waals surface area contributed by atoms with Gasteiger partial charge in [-0.1, -0.05) is 20.8 Å². The van der Waals surface area contributed by atoms with Gasteiger partial charge in [0.2, 0.25) is 5.95 Å². The molecule has 4 aromatic rings. The maximum atomic E-state index is 9.85. The number of aryl methyl sites for hydroxylation is 2. The maximum Gasteiger partial charge on any atom is 0.225 e. The molecule has 0 saturated heterocycles. The summed E-state index contributed by atoms with van der Waals surface area (Å²) in [7, 11) is 0. The van der Waals surface area contributed by atoms with Crippen molar-refractivity contribution in [3.8, 4) is 11.3 Å². The lowest BCUT2D eigenvalue weighted by atomic mass is 9.92. The Labute approximate surface area is 209 Å². The first-order valence-electron chi connectivity index (χ1n) is 12.2. The normalized spacial score (nSPS) is 22.1. The van der Waals surface area contributed by atoms with E-state index in [0.29, 0.717) is 24.3 Å². The average Bonchev–Trinajstić information content (AvgIpc) is 3.58. The number of hydrogen-bond donors (Lipinski definition) is 3. The molecule has 1 saturated carbocycles. The van der Waals surface area contributed by atoms with Crippen LogP contribution in [0, 0.1) is 24.7 Å². The van der Waals surface area contributed by atoms with Crippen LogP contribution in [0.4, 0.5) is 11.8 Å². The van der Waals surface area contributed by atoms with E-state index < -0.39 is 0 Å². The van der Waals surface area contributed by atoms with Crippen molar-refractivity contribution in [3.63, 3.8) is 0 Å². The molecule has 5 rings (SSSR count). The summed E-state index contributed by atoms with van der Waals surface area (Å²) < 4.78 is 6.24. The number of aromatic nitrogens is 4. The SMILES string of the molecule is CCc1cc2cc(-c3c(C)nc(NCc4nccs4)nc3NC3C[C@H](CO)[C@@H](C)[C@H]3C)oc2cn1. The van der Waals surface area contributed by atoms with Crippen LogP contribution in [0.5, 0.6) is 0 Å². The number of fused-ring (bicyclic) bond motifs is 1. The average molecular weight is 493 g/mol. The lowest BCUT2D eigenvalue weighted by Crippen LogP contribution is -2.25. The van der Waals surface area contributed by atoms with E-state index in [1.54, 1.807) is 23.7 Å². The van der Waals surface area contributed by atoms with Crippen molar-refractivity contribution >= 4 is 34.1 Å². The van der Waals surface area contributed by atoms with Crippen LogP contribution in [-0.2, 0) is 13.0 Å². The Morgan fingerprint density at radius 2 is 2.03 bits per heavy atom. The predicted octanol–water partition coefficient (Wildman–Crippen LogP) is 5.29. The number of aliphatic hydroxyl groups is 1. The monoisotopic (exact) mass is 492 g/mol. The Morgan fingerprint density at radius 1 is 1.17 bits per heavy atom. The van der Waals surface area contributed by atoms with Gasteiger partial charge in [-0.3, -0.25) is 4.98 Å². The molecule has 1 unspecified atom stereocenters. The minimum atomic E-state index is 0.194. The second kappa shape index (κ2) is 9.91. The number of nitrogens with zero attached hydrogens (tertiary/aromatic N) is 4. The first-order chi connectivity index (χ1) is 17.0. The van der Waals surface area contributed by atoms with Gasteiger partial charge in [-0.05, 0) is 49.7 Å². The summed E-state index contributed by atoms with van der Waals surface area (Å²) in [6, 6.07) is 4.31. The molecule has 4 heterocycles. The molecule has 35 heavy (non-hydrogen) atoms. The summed E-state index contributed by atoms with van der Waals surface area (Å²) in [4.78, 5) is 18.5. The second-order valence-electron chi connectivity index (χ2n) is 9.46. The Bertz CT molecular complexity index is 1300. The van der Waals surface area contributed by atoms with Crippen LogP contribution >= 0.6 is 11.3 Å². The van der Waals surface area contributed by atoms with Crippen LogP contribution in [0.25, 0.3) is 22.3 Å². The number of rotatable bonds is 8. The molecule has 0 spiro atoms. The molecule has 0 bridgehead atoms. The van der Waals surface area contributed by atoms with E-state index in [2.05, 4.69) is 47.4 Å². The molecule has 9 heteroatoms. The third-order valence-electron chi connectivity index (χ3n) is 7.36. The number of furan rings is 1. The van der Waals surface area contributed by atoms with Gasteiger partial charge in [0.15, 0.2) is 5.58 Å². The zero-order valence-corrected chi connectivity index (χ0v) is 21.4. The fourth-order valence-electron chi connectivity index (χ4n) is 5.01. The molecule has 8 nitrogen and oxygen atoms in total. The van der Waals surface area contributed by atoms with Gasteiger partial charge in [-0.2, -0.15) is 4.98 Å². The third kappa shape index (κ3) is 4.75. The Hall–Kier alpha value is -3.04. The third-order valence-corrected chi connectivity index (χ3v) is 8.14. The lowest BCUT2D eigenvalue weighted by Gasteiger charge is -2.22. The largest absolute Gasteiger partial charge is 0.454 e. The number of hydrogen-bond acceptors (Lipinski definition) is 9. The molecule has 0 aromatic carbocycles. The lowest BCUT2D eigenvalue weighted by molar-refractivity contribution is 0.191. The van der Waals surface area contributed by atoms with Gasteiger partial charge in [-0.15, -0.1) is 11.3 Å². The van der Waals surface area contributed by atoms with E-state index in [1.807, 2.05) is 18.4 Å². The number of aliphatic hydroxyl groups excluding tert-OH is 1. The molecule has 4 atom stereocenters. The van der Waals surface area contributed by atoms with Gasteiger partial charge >= 0.3 is 0 Å². The zero-order valence-electron chi connectivity index (χ0n) is 20.6. The highest BCUT2D eigenvalue weighted by Crippen LogP contribution is 2.40. The molecule has 4 aromatic heterocycles. The minimum absolute atomic E-state index is 0.194. The number of thiazole rings is 1. The molecule has 184 valence electrons. The zero-order chi connectivity index (χ0) is 24.5. The van der Waals surface area contributed by atoms with Crippen molar-refractivity contribution in [3.05, 3.63) is 46.3 Å². The summed E-state index contributed by atoms with van der Waals surface area (Å²) in [6.07, 6.45) is 5.35.